The van der Waals surface area contributed by atoms with Crippen molar-refractivity contribution < 1.29 is 8.78 Å². The second-order valence-electron chi connectivity index (χ2n) is 5.13. The van der Waals surface area contributed by atoms with Crippen molar-refractivity contribution in [3.05, 3.63) is 35.4 Å². The maximum atomic E-state index is 14.4. The second kappa shape index (κ2) is 5.33. The number of piperidine rings is 1. The van der Waals surface area contributed by atoms with Gasteiger partial charge in [0.2, 0.25) is 0 Å². The molecule has 18 heavy (non-hydrogen) atoms. The average Bonchev–Trinajstić information content (AvgIpc) is 2.39. The van der Waals surface area contributed by atoms with Crippen LogP contribution in [0.15, 0.2) is 24.3 Å². The number of hydrogen-bond donors (Lipinski definition) is 1. The Hall–Kier alpha value is -1.00. The van der Waals surface area contributed by atoms with E-state index >= 15 is 0 Å². The minimum atomic E-state index is -2.75. The Bertz CT molecular complexity index is 389. The fraction of sp³-hybridized carbons (Fsp3) is 0.571. The molecule has 2 N–H and O–H groups in total. The van der Waals surface area contributed by atoms with Gasteiger partial charge in [-0.25, -0.2) is 8.78 Å². The first-order valence-electron chi connectivity index (χ1n) is 6.40. The zero-order valence-electron chi connectivity index (χ0n) is 10.7. The van der Waals surface area contributed by atoms with Crippen molar-refractivity contribution in [3.63, 3.8) is 0 Å². The Balaban J connectivity index is 2.17. The standard InChI is InChI=1S/C14H20F2N2/c1-18-8-2-3-13(10-18)14(15,16)12-6-4-11(9-17)5-7-12/h4-7,13H,2-3,8-10,17H2,1H3. The molecule has 4 heteroatoms. The number of nitrogens with two attached hydrogens (primary N) is 1. The highest BCUT2D eigenvalue weighted by Crippen LogP contribution is 2.40. The molecule has 1 aromatic rings. The lowest BCUT2D eigenvalue weighted by Gasteiger charge is -2.35. The van der Waals surface area contributed by atoms with Crippen molar-refractivity contribution in [3.8, 4) is 0 Å². The lowest BCUT2D eigenvalue weighted by Crippen LogP contribution is -2.40. The molecule has 0 radical (unpaired) electrons. The van der Waals surface area contributed by atoms with Crippen molar-refractivity contribution in [1.29, 1.82) is 0 Å². The van der Waals surface area contributed by atoms with Crippen LogP contribution in [0.3, 0.4) is 0 Å². The molecule has 0 saturated carbocycles. The Labute approximate surface area is 107 Å². The van der Waals surface area contributed by atoms with E-state index < -0.39 is 11.8 Å². The first-order valence-corrected chi connectivity index (χ1v) is 6.40. The van der Waals surface area contributed by atoms with Crippen LogP contribution in [0.2, 0.25) is 0 Å². The van der Waals surface area contributed by atoms with E-state index in [-0.39, 0.29) is 5.56 Å². The number of alkyl halides is 2. The third-order valence-electron chi connectivity index (χ3n) is 3.71. The average molecular weight is 254 g/mol. The molecule has 1 atom stereocenters. The third kappa shape index (κ3) is 2.70. The smallest absolute Gasteiger partial charge is 0.277 e. The molecule has 0 amide bonds. The van der Waals surface area contributed by atoms with Gasteiger partial charge in [-0.3, -0.25) is 0 Å². The van der Waals surface area contributed by atoms with Gasteiger partial charge in [0.05, 0.1) is 0 Å². The number of nitrogens with zero attached hydrogens (tertiary/aromatic N) is 1. The first kappa shape index (κ1) is 13.4. The monoisotopic (exact) mass is 254 g/mol. The third-order valence-corrected chi connectivity index (χ3v) is 3.71. The van der Waals surface area contributed by atoms with Gasteiger partial charge in [-0.15, -0.1) is 0 Å². The summed E-state index contributed by atoms with van der Waals surface area (Å²) in [5.74, 6) is -3.33. The van der Waals surface area contributed by atoms with E-state index in [1.807, 2.05) is 11.9 Å². The summed E-state index contributed by atoms with van der Waals surface area (Å²) in [5.41, 5.74) is 6.47. The molecule has 1 aromatic carbocycles. The van der Waals surface area contributed by atoms with E-state index in [2.05, 4.69) is 0 Å². The normalized spacial score (nSPS) is 22.1. The zero-order valence-corrected chi connectivity index (χ0v) is 10.7. The van der Waals surface area contributed by atoms with Crippen molar-refractivity contribution in [2.45, 2.75) is 25.3 Å². The molecule has 0 aromatic heterocycles. The van der Waals surface area contributed by atoms with Gasteiger partial charge in [0, 0.05) is 24.6 Å². The van der Waals surface area contributed by atoms with E-state index in [0.29, 0.717) is 19.5 Å². The van der Waals surface area contributed by atoms with Crippen LogP contribution in [0.5, 0.6) is 0 Å². The quantitative estimate of drug-likeness (QED) is 0.898. The molecule has 2 rings (SSSR count). The van der Waals surface area contributed by atoms with Crippen molar-refractivity contribution in [2.75, 3.05) is 20.1 Å². The summed E-state index contributed by atoms with van der Waals surface area (Å²) in [4.78, 5) is 1.98. The molecule has 1 heterocycles. The van der Waals surface area contributed by atoms with Gasteiger partial charge in [0.25, 0.3) is 5.92 Å². The van der Waals surface area contributed by atoms with Crippen molar-refractivity contribution >= 4 is 0 Å². The minimum absolute atomic E-state index is 0.111. The number of likely N-dealkylation sites (tertiary alicyclic amines) is 1. The molecule has 1 saturated heterocycles. The van der Waals surface area contributed by atoms with Crippen LogP contribution < -0.4 is 5.73 Å². The number of hydrogen-bond acceptors (Lipinski definition) is 2. The van der Waals surface area contributed by atoms with Crippen LogP contribution in [0, 0.1) is 5.92 Å². The SMILES string of the molecule is CN1CCCC(C(F)(F)c2ccc(CN)cc2)C1. The van der Waals surface area contributed by atoms with Gasteiger partial charge in [0.1, 0.15) is 0 Å². The topological polar surface area (TPSA) is 29.3 Å². The van der Waals surface area contributed by atoms with Crippen molar-refractivity contribution in [1.82, 2.24) is 4.90 Å². The molecule has 1 fully saturated rings. The molecule has 1 aliphatic heterocycles. The molecule has 0 aliphatic carbocycles. The molecule has 0 bridgehead atoms. The van der Waals surface area contributed by atoms with E-state index in [9.17, 15) is 8.78 Å². The largest absolute Gasteiger partial charge is 0.326 e. The Morgan fingerprint density at radius 3 is 2.56 bits per heavy atom. The molecule has 2 nitrogen and oxygen atoms in total. The highest BCUT2D eigenvalue weighted by atomic mass is 19.3. The molecule has 0 spiro atoms. The number of benzene rings is 1. The summed E-state index contributed by atoms with van der Waals surface area (Å²) in [6.45, 7) is 1.77. The summed E-state index contributed by atoms with van der Waals surface area (Å²) in [7, 11) is 1.90. The molecule has 100 valence electrons. The Kier molecular flexibility index (Phi) is 3.97. The zero-order chi connectivity index (χ0) is 13.2. The predicted octanol–water partition coefficient (Wildman–Crippen LogP) is 2.58. The van der Waals surface area contributed by atoms with Crippen LogP contribution >= 0.6 is 0 Å². The van der Waals surface area contributed by atoms with Crippen LogP contribution in [0.1, 0.15) is 24.0 Å². The number of halogens is 2. The van der Waals surface area contributed by atoms with Gasteiger partial charge in [0.15, 0.2) is 0 Å². The Morgan fingerprint density at radius 2 is 2.00 bits per heavy atom. The van der Waals surface area contributed by atoms with E-state index in [0.717, 1.165) is 18.5 Å². The van der Waals surface area contributed by atoms with Crippen molar-refractivity contribution in [2.24, 2.45) is 11.7 Å². The highest BCUT2D eigenvalue weighted by molar-refractivity contribution is 5.26. The first-order chi connectivity index (χ1) is 8.54. The van der Waals surface area contributed by atoms with Gasteiger partial charge in [-0.1, -0.05) is 24.3 Å². The Morgan fingerprint density at radius 1 is 1.33 bits per heavy atom. The van der Waals surface area contributed by atoms with Crippen LogP contribution in [0.4, 0.5) is 8.78 Å². The van der Waals surface area contributed by atoms with Crippen LogP contribution in [0.25, 0.3) is 0 Å². The lowest BCUT2D eigenvalue weighted by atomic mass is 9.87. The van der Waals surface area contributed by atoms with E-state index in [1.54, 1.807) is 12.1 Å². The summed E-state index contributed by atoms with van der Waals surface area (Å²) in [6, 6.07) is 6.40. The molecular formula is C14H20F2N2. The number of rotatable bonds is 3. The lowest BCUT2D eigenvalue weighted by molar-refractivity contribution is -0.0864. The molecule has 1 aliphatic rings. The fourth-order valence-corrected chi connectivity index (χ4v) is 2.56. The predicted molar refractivity (Wildman–Crippen MR) is 68.4 cm³/mol. The molecular weight excluding hydrogens is 234 g/mol. The van der Waals surface area contributed by atoms with Gasteiger partial charge < -0.3 is 10.6 Å². The minimum Gasteiger partial charge on any atom is -0.326 e. The van der Waals surface area contributed by atoms with Gasteiger partial charge in [-0.2, -0.15) is 0 Å². The fourth-order valence-electron chi connectivity index (χ4n) is 2.56. The summed E-state index contributed by atoms with van der Waals surface area (Å²) < 4.78 is 28.8. The van der Waals surface area contributed by atoms with Crippen LogP contribution in [-0.4, -0.2) is 25.0 Å². The van der Waals surface area contributed by atoms with Crippen LogP contribution in [-0.2, 0) is 12.5 Å². The summed E-state index contributed by atoms with van der Waals surface area (Å²) in [6.07, 6.45) is 1.44. The van der Waals surface area contributed by atoms with E-state index in [4.69, 9.17) is 5.73 Å². The summed E-state index contributed by atoms with van der Waals surface area (Å²) >= 11 is 0. The maximum absolute atomic E-state index is 14.4. The van der Waals surface area contributed by atoms with Gasteiger partial charge in [-0.05, 0) is 32.0 Å². The van der Waals surface area contributed by atoms with Gasteiger partial charge >= 0.3 is 0 Å². The summed E-state index contributed by atoms with van der Waals surface area (Å²) in [5, 5.41) is 0. The maximum Gasteiger partial charge on any atom is 0.277 e. The molecule has 1 unspecified atom stereocenters. The second-order valence-corrected chi connectivity index (χ2v) is 5.13. The van der Waals surface area contributed by atoms with E-state index in [1.165, 1.54) is 12.1 Å². The highest BCUT2D eigenvalue weighted by Gasteiger charge is 2.42.